The Morgan fingerprint density at radius 2 is 2.23 bits per heavy atom. The van der Waals surface area contributed by atoms with Crippen molar-refractivity contribution in [3.05, 3.63) is 16.1 Å². The van der Waals surface area contributed by atoms with E-state index in [1.54, 1.807) is 11.3 Å². The second-order valence-corrected chi connectivity index (χ2v) is 5.17. The van der Waals surface area contributed by atoms with Crippen LogP contribution in [0.2, 0.25) is 0 Å². The summed E-state index contributed by atoms with van der Waals surface area (Å²) in [4.78, 5) is 5.39. The van der Waals surface area contributed by atoms with E-state index >= 15 is 0 Å². The molecule has 1 fully saturated rings. The van der Waals surface area contributed by atoms with Crippen molar-refractivity contribution >= 4 is 11.3 Å². The molecule has 1 aliphatic carbocycles. The van der Waals surface area contributed by atoms with Crippen LogP contribution in [0.3, 0.4) is 0 Å². The summed E-state index contributed by atoms with van der Waals surface area (Å²) >= 11 is 1.67. The van der Waals surface area contributed by atoms with Crippen molar-refractivity contribution in [2.75, 3.05) is 0 Å². The van der Waals surface area contributed by atoms with E-state index in [1.807, 2.05) is 6.20 Å². The Balaban J connectivity index is 2.23. The highest BCUT2D eigenvalue weighted by Gasteiger charge is 2.33. The Bertz CT molecular complexity index is 289. The average molecular weight is 197 g/mol. The molecule has 72 valence electrons. The van der Waals surface area contributed by atoms with Crippen LogP contribution in [0, 0.1) is 0 Å². The lowest BCUT2D eigenvalue weighted by molar-refractivity contribution is 0.285. The second-order valence-electron chi connectivity index (χ2n) is 4.06. The predicted molar refractivity (Wildman–Crippen MR) is 53.9 cm³/mol. The molecule has 0 bridgehead atoms. The minimum Gasteiger partial charge on any atom is -0.391 e. The minimum absolute atomic E-state index is 0.133. The summed E-state index contributed by atoms with van der Waals surface area (Å²) < 4.78 is 0. The van der Waals surface area contributed by atoms with E-state index < -0.39 is 0 Å². The Kier molecular flexibility index (Phi) is 2.39. The van der Waals surface area contributed by atoms with Crippen LogP contribution in [0.1, 0.15) is 42.5 Å². The van der Waals surface area contributed by atoms with Crippen LogP contribution in [0.5, 0.6) is 0 Å². The number of aromatic nitrogens is 1. The van der Waals surface area contributed by atoms with Gasteiger partial charge in [0, 0.05) is 11.6 Å². The van der Waals surface area contributed by atoms with E-state index in [0.29, 0.717) is 5.41 Å². The molecule has 0 spiro atoms. The fraction of sp³-hybridized carbons (Fsp3) is 0.700. The SMILES string of the molecule is CC1(c2ncc(CO)s2)CCCC1. The average Bonchev–Trinajstić information content (AvgIpc) is 2.72. The number of nitrogens with zero attached hydrogens (tertiary/aromatic N) is 1. The van der Waals surface area contributed by atoms with Gasteiger partial charge in [-0.05, 0) is 12.8 Å². The molecule has 0 amide bonds. The highest BCUT2D eigenvalue weighted by molar-refractivity contribution is 7.11. The van der Waals surface area contributed by atoms with Gasteiger partial charge in [0.05, 0.1) is 16.5 Å². The Hall–Kier alpha value is -0.410. The van der Waals surface area contributed by atoms with Gasteiger partial charge in [0.15, 0.2) is 0 Å². The van der Waals surface area contributed by atoms with Crippen molar-refractivity contribution < 1.29 is 5.11 Å². The van der Waals surface area contributed by atoms with Crippen LogP contribution < -0.4 is 0 Å². The molecule has 1 aliphatic rings. The Labute approximate surface area is 82.6 Å². The third kappa shape index (κ3) is 1.63. The zero-order valence-electron chi connectivity index (χ0n) is 7.92. The highest BCUT2D eigenvalue weighted by atomic mass is 32.1. The first kappa shape index (κ1) is 9.16. The van der Waals surface area contributed by atoms with Gasteiger partial charge in [-0.25, -0.2) is 4.98 Å². The number of aliphatic hydroxyl groups is 1. The van der Waals surface area contributed by atoms with Gasteiger partial charge in [-0.15, -0.1) is 11.3 Å². The standard InChI is InChI=1S/C10H15NOS/c1-10(4-2-3-5-10)9-11-6-8(7-12)13-9/h6,12H,2-5,7H2,1H3. The van der Waals surface area contributed by atoms with Crippen molar-refractivity contribution in [2.45, 2.75) is 44.6 Å². The molecule has 3 heteroatoms. The fourth-order valence-corrected chi connectivity index (χ4v) is 3.00. The van der Waals surface area contributed by atoms with Crippen LogP contribution in [0.15, 0.2) is 6.20 Å². The van der Waals surface area contributed by atoms with Crippen molar-refractivity contribution in [3.8, 4) is 0 Å². The van der Waals surface area contributed by atoms with Crippen LogP contribution in [-0.4, -0.2) is 10.1 Å². The molecule has 13 heavy (non-hydrogen) atoms. The molecular weight excluding hydrogens is 182 g/mol. The summed E-state index contributed by atoms with van der Waals surface area (Å²) in [5, 5.41) is 10.2. The van der Waals surface area contributed by atoms with Gasteiger partial charge in [-0.1, -0.05) is 19.8 Å². The molecule has 0 atom stereocenters. The van der Waals surface area contributed by atoms with Gasteiger partial charge in [0.25, 0.3) is 0 Å². The molecular formula is C10H15NOS. The molecule has 0 aliphatic heterocycles. The lowest BCUT2D eigenvalue weighted by Crippen LogP contribution is -2.15. The maximum atomic E-state index is 8.95. The number of thiazole rings is 1. The van der Waals surface area contributed by atoms with Gasteiger partial charge in [0.1, 0.15) is 0 Å². The third-order valence-electron chi connectivity index (χ3n) is 2.93. The zero-order valence-corrected chi connectivity index (χ0v) is 8.73. The predicted octanol–water partition coefficient (Wildman–Crippen LogP) is 2.47. The van der Waals surface area contributed by atoms with Crippen LogP contribution in [-0.2, 0) is 12.0 Å². The van der Waals surface area contributed by atoms with Crippen LogP contribution in [0.25, 0.3) is 0 Å². The van der Waals surface area contributed by atoms with E-state index in [4.69, 9.17) is 5.11 Å². The first-order valence-corrected chi connectivity index (χ1v) is 5.62. The second kappa shape index (κ2) is 3.39. The summed E-state index contributed by atoms with van der Waals surface area (Å²) in [6.07, 6.45) is 6.97. The van der Waals surface area contributed by atoms with Gasteiger partial charge < -0.3 is 5.11 Å². The zero-order chi connectivity index (χ0) is 9.31. The van der Waals surface area contributed by atoms with Gasteiger partial charge in [-0.2, -0.15) is 0 Å². The molecule has 0 aromatic carbocycles. The topological polar surface area (TPSA) is 33.1 Å². The first-order chi connectivity index (χ1) is 6.24. The summed E-state index contributed by atoms with van der Waals surface area (Å²) in [7, 11) is 0. The maximum Gasteiger partial charge on any atom is 0.0987 e. The van der Waals surface area contributed by atoms with Crippen LogP contribution in [0.4, 0.5) is 0 Å². The van der Waals surface area contributed by atoms with Crippen molar-refractivity contribution in [2.24, 2.45) is 0 Å². The summed E-state index contributed by atoms with van der Waals surface area (Å²) in [5.41, 5.74) is 0.304. The molecule has 1 aromatic heterocycles. The van der Waals surface area contributed by atoms with E-state index in [-0.39, 0.29) is 6.61 Å². The molecule has 0 saturated heterocycles. The van der Waals surface area contributed by atoms with Gasteiger partial charge >= 0.3 is 0 Å². The summed E-state index contributed by atoms with van der Waals surface area (Å²) in [6.45, 7) is 2.42. The van der Waals surface area contributed by atoms with Crippen molar-refractivity contribution in [3.63, 3.8) is 0 Å². The Morgan fingerprint density at radius 3 is 2.77 bits per heavy atom. The molecule has 1 aromatic rings. The van der Waals surface area contributed by atoms with E-state index in [0.717, 1.165) is 4.88 Å². The normalized spacial score (nSPS) is 20.8. The van der Waals surface area contributed by atoms with Gasteiger partial charge in [0.2, 0.25) is 0 Å². The number of hydrogen-bond acceptors (Lipinski definition) is 3. The van der Waals surface area contributed by atoms with Gasteiger partial charge in [-0.3, -0.25) is 0 Å². The molecule has 1 saturated carbocycles. The lowest BCUT2D eigenvalue weighted by atomic mass is 9.90. The summed E-state index contributed by atoms with van der Waals surface area (Å²) in [5.74, 6) is 0. The third-order valence-corrected chi connectivity index (χ3v) is 4.22. The molecule has 2 nitrogen and oxygen atoms in total. The number of rotatable bonds is 2. The first-order valence-electron chi connectivity index (χ1n) is 4.81. The fourth-order valence-electron chi connectivity index (χ4n) is 2.03. The molecule has 1 heterocycles. The van der Waals surface area contributed by atoms with Crippen molar-refractivity contribution in [1.29, 1.82) is 0 Å². The quantitative estimate of drug-likeness (QED) is 0.790. The summed E-state index contributed by atoms with van der Waals surface area (Å²) in [6, 6.07) is 0. The highest BCUT2D eigenvalue weighted by Crippen LogP contribution is 2.41. The smallest absolute Gasteiger partial charge is 0.0987 e. The van der Waals surface area contributed by atoms with E-state index in [9.17, 15) is 0 Å². The molecule has 0 unspecified atom stereocenters. The van der Waals surface area contributed by atoms with E-state index in [2.05, 4.69) is 11.9 Å². The van der Waals surface area contributed by atoms with E-state index in [1.165, 1.54) is 30.7 Å². The lowest BCUT2D eigenvalue weighted by Gasteiger charge is -2.19. The maximum absolute atomic E-state index is 8.95. The molecule has 0 radical (unpaired) electrons. The largest absolute Gasteiger partial charge is 0.391 e. The number of aliphatic hydroxyl groups excluding tert-OH is 1. The minimum atomic E-state index is 0.133. The molecule has 1 N–H and O–H groups in total. The van der Waals surface area contributed by atoms with Crippen molar-refractivity contribution in [1.82, 2.24) is 4.98 Å². The monoisotopic (exact) mass is 197 g/mol. The Morgan fingerprint density at radius 1 is 1.54 bits per heavy atom. The number of hydrogen-bond donors (Lipinski definition) is 1. The molecule has 2 rings (SSSR count). The van der Waals surface area contributed by atoms with Crippen LogP contribution >= 0.6 is 11.3 Å².